The van der Waals surface area contributed by atoms with Gasteiger partial charge in [0.2, 0.25) is 22.5 Å². The van der Waals surface area contributed by atoms with Crippen molar-refractivity contribution < 1.29 is 22.7 Å². The average Bonchev–Trinajstić information content (AvgIpc) is 3.23. The maximum absolute atomic E-state index is 13.0. The number of rotatable bonds is 6. The molecular formula is C22H21N3O6S. The second-order valence-corrected chi connectivity index (χ2v) is 9.41. The highest BCUT2D eigenvalue weighted by Gasteiger charge is 2.21. The van der Waals surface area contributed by atoms with Crippen molar-refractivity contribution in [3.8, 4) is 11.5 Å². The smallest absolute Gasteiger partial charge is 0.267 e. The third-order valence-corrected chi connectivity index (χ3v) is 6.59. The molecule has 9 nitrogen and oxygen atoms in total. The minimum Gasteiger partial charge on any atom is -0.454 e. The van der Waals surface area contributed by atoms with E-state index >= 15 is 0 Å². The van der Waals surface area contributed by atoms with Gasteiger partial charge >= 0.3 is 0 Å². The summed E-state index contributed by atoms with van der Waals surface area (Å²) in [5.74, 6) is 0.777. The lowest BCUT2D eigenvalue weighted by atomic mass is 10.0. The minimum atomic E-state index is -3.96. The lowest BCUT2D eigenvalue weighted by molar-refractivity contribution is -0.117. The number of hydrogen-bond donors (Lipinski definition) is 1. The van der Waals surface area contributed by atoms with Crippen molar-refractivity contribution >= 4 is 21.4 Å². The van der Waals surface area contributed by atoms with Gasteiger partial charge < -0.3 is 14.8 Å². The average molecular weight is 455 g/mol. The summed E-state index contributed by atoms with van der Waals surface area (Å²) in [4.78, 5) is 24.7. The fourth-order valence-corrected chi connectivity index (χ4v) is 4.34. The first-order valence-electron chi connectivity index (χ1n) is 9.87. The molecule has 2 heterocycles. The highest BCUT2D eigenvalue weighted by atomic mass is 32.2. The van der Waals surface area contributed by atoms with Gasteiger partial charge in [-0.1, -0.05) is 26.0 Å². The van der Waals surface area contributed by atoms with Crippen LogP contribution in [0.3, 0.4) is 0 Å². The van der Waals surface area contributed by atoms with Crippen molar-refractivity contribution in [2.24, 2.45) is 0 Å². The molecule has 2 aromatic carbocycles. The topological polar surface area (TPSA) is 117 Å². The second kappa shape index (κ2) is 8.46. The van der Waals surface area contributed by atoms with E-state index in [1.807, 2.05) is 13.8 Å². The quantitative estimate of drug-likeness (QED) is 0.607. The van der Waals surface area contributed by atoms with Gasteiger partial charge in [-0.2, -0.15) is 5.10 Å². The highest BCUT2D eigenvalue weighted by molar-refractivity contribution is 7.91. The third-order valence-electron chi connectivity index (χ3n) is 4.92. The van der Waals surface area contributed by atoms with Crippen LogP contribution in [-0.4, -0.2) is 30.9 Å². The largest absolute Gasteiger partial charge is 0.454 e. The number of benzene rings is 2. The molecule has 1 aromatic heterocycles. The Labute approximate surface area is 184 Å². The van der Waals surface area contributed by atoms with E-state index in [1.54, 1.807) is 30.3 Å². The molecule has 0 bridgehead atoms. The minimum absolute atomic E-state index is 0.0596. The summed E-state index contributed by atoms with van der Waals surface area (Å²) in [6.45, 7) is 3.67. The maximum Gasteiger partial charge on any atom is 0.267 e. The number of carbonyl (C=O) groups excluding carboxylic acids is 1. The Bertz CT molecular complexity index is 1330. The Morgan fingerprint density at radius 1 is 1.06 bits per heavy atom. The number of ether oxygens (including phenoxy) is 2. The number of sulfone groups is 1. The van der Waals surface area contributed by atoms with Gasteiger partial charge in [-0.05, 0) is 41.8 Å². The summed E-state index contributed by atoms with van der Waals surface area (Å²) >= 11 is 0. The highest BCUT2D eigenvalue weighted by Crippen LogP contribution is 2.34. The number of nitrogens with zero attached hydrogens (tertiary/aromatic N) is 2. The zero-order chi connectivity index (χ0) is 22.9. The van der Waals surface area contributed by atoms with Crippen LogP contribution in [0, 0.1) is 0 Å². The Kier molecular flexibility index (Phi) is 5.70. The molecule has 0 saturated carbocycles. The molecule has 1 N–H and O–H groups in total. The molecule has 1 aliphatic heterocycles. The number of fused-ring (bicyclic) bond motifs is 1. The molecule has 0 spiro atoms. The molecule has 1 aliphatic rings. The molecule has 4 rings (SSSR count). The first kappa shape index (κ1) is 21.6. The summed E-state index contributed by atoms with van der Waals surface area (Å²) in [5, 5.41) is 6.24. The first-order chi connectivity index (χ1) is 15.2. The van der Waals surface area contributed by atoms with Crippen molar-refractivity contribution in [3.63, 3.8) is 0 Å². The number of carbonyl (C=O) groups is 1. The maximum atomic E-state index is 13.0. The lowest BCUT2D eigenvalue weighted by Gasteiger charge is -2.10. The second-order valence-electron chi connectivity index (χ2n) is 7.51. The van der Waals surface area contributed by atoms with Crippen LogP contribution in [0.4, 0.5) is 5.69 Å². The van der Waals surface area contributed by atoms with Crippen molar-refractivity contribution in [1.82, 2.24) is 9.78 Å². The van der Waals surface area contributed by atoms with E-state index in [2.05, 4.69) is 10.4 Å². The predicted molar refractivity (Wildman–Crippen MR) is 116 cm³/mol. The standard InChI is InChI=1S/C22H21N3O6S/c1-14(2)15-3-6-17(7-4-15)32(28,29)21-9-10-22(27)25(24-21)12-20(26)23-16-5-8-18-19(11-16)31-13-30-18/h3-11,14H,12-13H2,1-2H3,(H,23,26). The monoisotopic (exact) mass is 455 g/mol. The normalized spacial score (nSPS) is 12.7. The van der Waals surface area contributed by atoms with E-state index in [4.69, 9.17) is 9.47 Å². The van der Waals surface area contributed by atoms with Gasteiger partial charge in [0.15, 0.2) is 16.5 Å². The van der Waals surface area contributed by atoms with Crippen molar-refractivity contribution in [2.45, 2.75) is 36.2 Å². The SMILES string of the molecule is CC(C)c1ccc(S(=O)(=O)c2ccc(=O)n(CC(=O)Nc3ccc4c(c3)OCO4)n2)cc1. The summed E-state index contributed by atoms with van der Waals surface area (Å²) in [6.07, 6.45) is 0. The van der Waals surface area contributed by atoms with E-state index in [9.17, 15) is 18.0 Å². The number of hydrogen-bond acceptors (Lipinski definition) is 7. The van der Waals surface area contributed by atoms with Gasteiger partial charge in [0.1, 0.15) is 6.54 Å². The van der Waals surface area contributed by atoms with Gasteiger partial charge in [0, 0.05) is 17.8 Å². The number of anilines is 1. The predicted octanol–water partition coefficient (Wildman–Crippen LogP) is 2.57. The summed E-state index contributed by atoms with van der Waals surface area (Å²) in [5.41, 5.74) is 0.850. The van der Waals surface area contributed by atoms with Crippen LogP contribution < -0.4 is 20.3 Å². The summed E-state index contributed by atoms with van der Waals surface area (Å²) in [6, 6.07) is 13.6. The number of aromatic nitrogens is 2. The van der Waals surface area contributed by atoms with Crippen LogP contribution in [0.15, 0.2) is 69.3 Å². The molecule has 0 unspecified atom stereocenters. The van der Waals surface area contributed by atoms with Crippen LogP contribution in [0.5, 0.6) is 11.5 Å². The molecule has 0 aliphatic carbocycles. The van der Waals surface area contributed by atoms with E-state index in [-0.39, 0.29) is 22.6 Å². The molecular weight excluding hydrogens is 434 g/mol. The van der Waals surface area contributed by atoms with Crippen molar-refractivity contribution in [1.29, 1.82) is 0 Å². The summed E-state index contributed by atoms with van der Waals surface area (Å²) in [7, 11) is -3.96. The van der Waals surface area contributed by atoms with Crippen LogP contribution >= 0.6 is 0 Å². The van der Waals surface area contributed by atoms with Crippen molar-refractivity contribution in [3.05, 3.63) is 70.5 Å². The molecule has 0 atom stereocenters. The molecule has 0 saturated heterocycles. The first-order valence-corrected chi connectivity index (χ1v) is 11.3. The number of nitrogens with one attached hydrogen (secondary N) is 1. The van der Waals surface area contributed by atoms with Crippen LogP contribution in [-0.2, 0) is 21.2 Å². The van der Waals surface area contributed by atoms with E-state index in [0.717, 1.165) is 22.4 Å². The van der Waals surface area contributed by atoms with E-state index in [0.29, 0.717) is 17.2 Å². The van der Waals surface area contributed by atoms with Gasteiger partial charge in [0.05, 0.1) is 4.90 Å². The Balaban J connectivity index is 1.54. The molecule has 10 heteroatoms. The Hall–Kier alpha value is -3.66. The van der Waals surface area contributed by atoms with Crippen LogP contribution in [0.25, 0.3) is 0 Å². The van der Waals surface area contributed by atoms with E-state index in [1.165, 1.54) is 12.1 Å². The molecule has 1 amide bonds. The van der Waals surface area contributed by atoms with Gasteiger partial charge in [0.25, 0.3) is 5.56 Å². The van der Waals surface area contributed by atoms with Gasteiger partial charge in [-0.3, -0.25) is 9.59 Å². The molecule has 0 fully saturated rings. The van der Waals surface area contributed by atoms with E-state index < -0.39 is 27.8 Å². The zero-order valence-electron chi connectivity index (χ0n) is 17.4. The van der Waals surface area contributed by atoms with Gasteiger partial charge in [-0.25, -0.2) is 13.1 Å². The fourth-order valence-electron chi connectivity index (χ4n) is 3.15. The van der Waals surface area contributed by atoms with Crippen LogP contribution in [0.1, 0.15) is 25.3 Å². The fraction of sp³-hybridized carbons (Fsp3) is 0.227. The zero-order valence-corrected chi connectivity index (χ0v) is 18.3. The van der Waals surface area contributed by atoms with Crippen molar-refractivity contribution in [2.75, 3.05) is 12.1 Å². The summed E-state index contributed by atoms with van der Waals surface area (Å²) < 4.78 is 37.2. The Morgan fingerprint density at radius 3 is 2.50 bits per heavy atom. The number of amides is 1. The lowest BCUT2D eigenvalue weighted by Crippen LogP contribution is -2.30. The Morgan fingerprint density at radius 2 is 1.78 bits per heavy atom. The molecule has 32 heavy (non-hydrogen) atoms. The third kappa shape index (κ3) is 4.35. The molecule has 0 radical (unpaired) electrons. The molecule has 3 aromatic rings. The molecule has 166 valence electrons. The van der Waals surface area contributed by atoms with Gasteiger partial charge in [-0.15, -0.1) is 0 Å². The van der Waals surface area contributed by atoms with Crippen LogP contribution in [0.2, 0.25) is 0 Å².